The van der Waals surface area contributed by atoms with Crippen molar-refractivity contribution in [2.45, 2.75) is 11.4 Å². The predicted octanol–water partition coefficient (Wildman–Crippen LogP) is 3.12. The molecule has 0 heterocycles. The molecule has 0 atom stereocenters. The number of primary amides is 1. The summed E-state index contributed by atoms with van der Waals surface area (Å²) in [5.74, 6) is -0.397. The van der Waals surface area contributed by atoms with Crippen LogP contribution < -0.4 is 11.1 Å². The minimum Gasteiger partial charge on any atom is -0.381 e. The average molecular weight is 272 g/mol. The van der Waals surface area contributed by atoms with Crippen LogP contribution in [0.4, 0.5) is 5.69 Å². The van der Waals surface area contributed by atoms with Crippen molar-refractivity contribution in [3.05, 3.63) is 59.7 Å². The molecule has 0 aromatic heterocycles. The molecule has 0 aliphatic rings. The normalized spacial score (nSPS) is 10.2. The molecular formula is C15H16N2OS. The van der Waals surface area contributed by atoms with Gasteiger partial charge in [0.25, 0.3) is 0 Å². The number of thioether (sulfide) groups is 1. The van der Waals surface area contributed by atoms with E-state index < -0.39 is 5.91 Å². The van der Waals surface area contributed by atoms with Crippen LogP contribution in [0, 0.1) is 0 Å². The van der Waals surface area contributed by atoms with Gasteiger partial charge in [-0.25, -0.2) is 0 Å². The highest BCUT2D eigenvalue weighted by molar-refractivity contribution is 7.98. The quantitative estimate of drug-likeness (QED) is 0.822. The van der Waals surface area contributed by atoms with Crippen LogP contribution in [0.1, 0.15) is 15.9 Å². The first-order valence-corrected chi connectivity index (χ1v) is 7.18. The topological polar surface area (TPSA) is 55.1 Å². The van der Waals surface area contributed by atoms with Gasteiger partial charge in [0.2, 0.25) is 5.91 Å². The number of hydrogen-bond acceptors (Lipinski definition) is 3. The Balaban J connectivity index is 2.01. The smallest absolute Gasteiger partial charge is 0.248 e. The van der Waals surface area contributed by atoms with Crippen LogP contribution in [-0.4, -0.2) is 12.2 Å². The van der Waals surface area contributed by atoms with Gasteiger partial charge in [0, 0.05) is 22.7 Å². The largest absolute Gasteiger partial charge is 0.381 e. The van der Waals surface area contributed by atoms with Crippen molar-refractivity contribution < 1.29 is 4.79 Å². The van der Waals surface area contributed by atoms with Gasteiger partial charge in [0.05, 0.1) is 0 Å². The molecule has 0 fully saturated rings. The number of nitrogens with two attached hydrogens (primary N) is 1. The van der Waals surface area contributed by atoms with Gasteiger partial charge in [0.15, 0.2) is 0 Å². The van der Waals surface area contributed by atoms with E-state index in [1.54, 1.807) is 17.8 Å². The molecule has 0 saturated carbocycles. The fourth-order valence-corrected chi connectivity index (χ4v) is 2.16. The van der Waals surface area contributed by atoms with Crippen molar-refractivity contribution in [3.8, 4) is 0 Å². The third kappa shape index (κ3) is 3.76. The molecule has 0 aliphatic carbocycles. The minimum absolute atomic E-state index is 0.397. The summed E-state index contributed by atoms with van der Waals surface area (Å²) in [6.07, 6.45) is 2.05. The van der Waals surface area contributed by atoms with Crippen LogP contribution in [0.25, 0.3) is 0 Å². The minimum atomic E-state index is -0.397. The molecule has 0 saturated heterocycles. The molecule has 2 rings (SSSR count). The van der Waals surface area contributed by atoms with Gasteiger partial charge in [-0.1, -0.05) is 12.1 Å². The number of anilines is 1. The van der Waals surface area contributed by atoms with Gasteiger partial charge in [0.1, 0.15) is 0 Å². The Kier molecular flexibility index (Phi) is 4.47. The van der Waals surface area contributed by atoms with Crippen LogP contribution in [0.2, 0.25) is 0 Å². The third-order valence-corrected chi connectivity index (χ3v) is 3.54. The maximum Gasteiger partial charge on any atom is 0.248 e. The number of carbonyl (C=O) groups is 1. The lowest BCUT2D eigenvalue weighted by molar-refractivity contribution is 0.1000. The van der Waals surface area contributed by atoms with Gasteiger partial charge in [-0.2, -0.15) is 0 Å². The maximum atomic E-state index is 11.1. The summed E-state index contributed by atoms with van der Waals surface area (Å²) in [6, 6.07) is 15.6. The molecule has 0 spiro atoms. The Labute approximate surface area is 117 Å². The van der Waals surface area contributed by atoms with E-state index in [1.807, 2.05) is 30.3 Å². The van der Waals surface area contributed by atoms with Crippen molar-refractivity contribution in [2.24, 2.45) is 5.73 Å². The van der Waals surface area contributed by atoms with Crippen LogP contribution in [0.5, 0.6) is 0 Å². The SMILES string of the molecule is CSc1ccc(NCc2cccc(C(N)=O)c2)cc1. The Morgan fingerprint density at radius 2 is 1.95 bits per heavy atom. The molecule has 19 heavy (non-hydrogen) atoms. The van der Waals surface area contributed by atoms with Crippen LogP contribution in [0.3, 0.4) is 0 Å². The Morgan fingerprint density at radius 3 is 2.58 bits per heavy atom. The number of amides is 1. The van der Waals surface area contributed by atoms with Crippen LogP contribution in [-0.2, 0) is 6.54 Å². The lowest BCUT2D eigenvalue weighted by Crippen LogP contribution is -2.11. The molecule has 1 amide bonds. The monoisotopic (exact) mass is 272 g/mol. The van der Waals surface area contributed by atoms with Gasteiger partial charge in [-0.15, -0.1) is 11.8 Å². The second-order valence-corrected chi connectivity index (χ2v) is 5.03. The Hall–Kier alpha value is -1.94. The van der Waals surface area contributed by atoms with Crippen molar-refractivity contribution in [1.82, 2.24) is 0 Å². The Morgan fingerprint density at radius 1 is 1.21 bits per heavy atom. The van der Waals surface area contributed by atoms with E-state index in [9.17, 15) is 4.79 Å². The van der Waals surface area contributed by atoms with E-state index >= 15 is 0 Å². The molecule has 0 bridgehead atoms. The summed E-state index contributed by atoms with van der Waals surface area (Å²) in [7, 11) is 0. The summed E-state index contributed by atoms with van der Waals surface area (Å²) < 4.78 is 0. The second kappa shape index (κ2) is 6.29. The Bertz CT molecular complexity index is 567. The molecule has 0 unspecified atom stereocenters. The van der Waals surface area contributed by atoms with E-state index in [1.165, 1.54) is 4.90 Å². The van der Waals surface area contributed by atoms with Gasteiger partial charge >= 0.3 is 0 Å². The fraction of sp³-hybridized carbons (Fsp3) is 0.133. The van der Waals surface area contributed by atoms with Gasteiger partial charge in [-0.3, -0.25) is 4.79 Å². The van der Waals surface area contributed by atoms with Crippen molar-refractivity contribution in [1.29, 1.82) is 0 Å². The molecule has 2 aromatic rings. The fourth-order valence-electron chi connectivity index (χ4n) is 1.75. The first-order chi connectivity index (χ1) is 9.19. The van der Waals surface area contributed by atoms with E-state index in [0.29, 0.717) is 12.1 Å². The van der Waals surface area contributed by atoms with E-state index in [2.05, 4.69) is 23.7 Å². The second-order valence-electron chi connectivity index (χ2n) is 4.15. The predicted molar refractivity (Wildman–Crippen MR) is 80.5 cm³/mol. The number of nitrogens with one attached hydrogen (secondary N) is 1. The van der Waals surface area contributed by atoms with E-state index in [-0.39, 0.29) is 0 Å². The zero-order valence-corrected chi connectivity index (χ0v) is 11.5. The molecule has 4 heteroatoms. The zero-order chi connectivity index (χ0) is 13.7. The van der Waals surface area contributed by atoms with Crippen molar-refractivity contribution in [3.63, 3.8) is 0 Å². The van der Waals surface area contributed by atoms with E-state index in [0.717, 1.165) is 11.3 Å². The van der Waals surface area contributed by atoms with E-state index in [4.69, 9.17) is 5.73 Å². The first kappa shape index (κ1) is 13.5. The van der Waals surface area contributed by atoms with Crippen LogP contribution in [0.15, 0.2) is 53.4 Å². The molecule has 3 N–H and O–H groups in total. The molecule has 98 valence electrons. The lowest BCUT2D eigenvalue weighted by Gasteiger charge is -2.08. The molecule has 0 radical (unpaired) electrons. The third-order valence-electron chi connectivity index (χ3n) is 2.80. The summed E-state index contributed by atoms with van der Waals surface area (Å²) in [6.45, 7) is 0.666. The highest BCUT2D eigenvalue weighted by atomic mass is 32.2. The maximum absolute atomic E-state index is 11.1. The average Bonchev–Trinajstić information content (AvgIpc) is 2.46. The highest BCUT2D eigenvalue weighted by Gasteiger charge is 2.01. The van der Waals surface area contributed by atoms with Crippen molar-refractivity contribution >= 4 is 23.4 Å². The van der Waals surface area contributed by atoms with Gasteiger partial charge in [-0.05, 0) is 48.2 Å². The molecule has 2 aromatic carbocycles. The molecule has 3 nitrogen and oxygen atoms in total. The number of rotatable bonds is 5. The number of benzene rings is 2. The van der Waals surface area contributed by atoms with Gasteiger partial charge < -0.3 is 11.1 Å². The van der Waals surface area contributed by atoms with Crippen molar-refractivity contribution in [2.75, 3.05) is 11.6 Å². The lowest BCUT2D eigenvalue weighted by atomic mass is 10.1. The number of carbonyl (C=O) groups excluding carboxylic acids is 1. The standard InChI is InChI=1S/C15H16N2OS/c1-19-14-7-5-13(6-8-14)17-10-11-3-2-4-12(9-11)15(16)18/h2-9,17H,10H2,1H3,(H2,16,18). The molecular weight excluding hydrogens is 256 g/mol. The first-order valence-electron chi connectivity index (χ1n) is 5.96. The highest BCUT2D eigenvalue weighted by Crippen LogP contribution is 2.18. The van der Waals surface area contributed by atoms with Crippen LogP contribution >= 0.6 is 11.8 Å². The molecule has 0 aliphatic heterocycles. The summed E-state index contributed by atoms with van der Waals surface area (Å²) in [4.78, 5) is 12.3. The number of hydrogen-bond donors (Lipinski definition) is 2. The summed E-state index contributed by atoms with van der Waals surface area (Å²) in [5, 5.41) is 3.32. The summed E-state index contributed by atoms with van der Waals surface area (Å²) in [5.41, 5.74) is 7.89. The zero-order valence-electron chi connectivity index (χ0n) is 10.7. The summed E-state index contributed by atoms with van der Waals surface area (Å²) >= 11 is 1.72.